The molecule has 1 atom stereocenters. The van der Waals surface area contributed by atoms with Gasteiger partial charge in [-0.2, -0.15) is 0 Å². The van der Waals surface area contributed by atoms with Crippen LogP contribution in [0.15, 0.2) is 59.6 Å². The fraction of sp³-hybridized carbons (Fsp3) is 0.100. The summed E-state index contributed by atoms with van der Waals surface area (Å²) in [6, 6.07) is 13.7. The molecule has 0 radical (unpaired) electrons. The van der Waals surface area contributed by atoms with Crippen molar-refractivity contribution in [3.8, 4) is 17.0 Å². The Labute approximate surface area is 165 Å². The van der Waals surface area contributed by atoms with Crippen molar-refractivity contribution in [2.24, 2.45) is 0 Å². The number of allylic oxidation sites excluding steroid dienone is 1. The van der Waals surface area contributed by atoms with Crippen LogP contribution in [-0.4, -0.2) is 16.1 Å². The zero-order valence-corrected chi connectivity index (χ0v) is 15.9. The molecule has 0 aliphatic carbocycles. The van der Waals surface area contributed by atoms with Crippen molar-refractivity contribution in [3.05, 3.63) is 75.2 Å². The standard InChI is InChI=1S/C20H16ClN3O2S/c1-11-17(18(24-20(26)22-11)13-3-2-4-15(25)9-13)19-23-16(10-27-19)12-5-7-14(21)8-6-12/h2-10,18,25H,1H3,(H2,22,24,26). The summed E-state index contributed by atoms with van der Waals surface area (Å²) in [6.07, 6.45) is 0. The van der Waals surface area contributed by atoms with Gasteiger partial charge in [-0.05, 0) is 36.8 Å². The van der Waals surface area contributed by atoms with Gasteiger partial charge in [-0.25, -0.2) is 9.78 Å². The first-order chi connectivity index (χ1) is 13.0. The van der Waals surface area contributed by atoms with Gasteiger partial charge < -0.3 is 15.7 Å². The molecule has 0 fully saturated rings. The average Bonchev–Trinajstić information content (AvgIpc) is 3.11. The number of aromatic nitrogens is 1. The van der Waals surface area contributed by atoms with Gasteiger partial charge in [0.15, 0.2) is 0 Å². The number of aromatic hydroxyl groups is 1. The van der Waals surface area contributed by atoms with Crippen molar-refractivity contribution in [1.82, 2.24) is 15.6 Å². The SMILES string of the molecule is CC1=C(c2nc(-c3ccc(Cl)cc3)cs2)C(c2cccc(O)c2)NC(=O)N1. The molecule has 0 spiro atoms. The molecule has 1 aliphatic rings. The van der Waals surface area contributed by atoms with Crippen LogP contribution in [0.5, 0.6) is 5.75 Å². The molecular weight excluding hydrogens is 382 g/mol. The fourth-order valence-electron chi connectivity index (χ4n) is 3.08. The second kappa shape index (κ2) is 7.06. The number of rotatable bonds is 3. The average molecular weight is 398 g/mol. The third-order valence-corrected chi connectivity index (χ3v) is 5.47. The Kier molecular flexibility index (Phi) is 4.59. The predicted molar refractivity (Wildman–Crippen MR) is 108 cm³/mol. The van der Waals surface area contributed by atoms with Gasteiger partial charge in [-0.1, -0.05) is 35.9 Å². The quantitative estimate of drug-likeness (QED) is 0.585. The Morgan fingerprint density at radius 3 is 2.70 bits per heavy atom. The van der Waals surface area contributed by atoms with Crippen LogP contribution < -0.4 is 10.6 Å². The van der Waals surface area contributed by atoms with Crippen LogP contribution in [0, 0.1) is 0 Å². The number of amides is 2. The predicted octanol–water partition coefficient (Wildman–Crippen LogP) is 4.95. The summed E-state index contributed by atoms with van der Waals surface area (Å²) in [5.41, 5.74) is 4.23. The molecule has 2 heterocycles. The van der Waals surface area contributed by atoms with Gasteiger partial charge in [0.1, 0.15) is 10.8 Å². The molecule has 5 nitrogen and oxygen atoms in total. The Bertz CT molecular complexity index is 1040. The summed E-state index contributed by atoms with van der Waals surface area (Å²) in [6.45, 7) is 1.85. The molecule has 0 saturated carbocycles. The second-order valence-electron chi connectivity index (χ2n) is 6.21. The number of nitrogens with zero attached hydrogens (tertiary/aromatic N) is 1. The summed E-state index contributed by atoms with van der Waals surface area (Å²) in [7, 11) is 0. The van der Waals surface area contributed by atoms with E-state index < -0.39 is 6.04 Å². The molecule has 2 amide bonds. The van der Waals surface area contributed by atoms with Crippen LogP contribution >= 0.6 is 22.9 Å². The summed E-state index contributed by atoms with van der Waals surface area (Å²) in [4.78, 5) is 16.8. The molecule has 1 aliphatic heterocycles. The van der Waals surface area contributed by atoms with Crippen molar-refractivity contribution < 1.29 is 9.90 Å². The fourth-order valence-corrected chi connectivity index (χ4v) is 4.17. The van der Waals surface area contributed by atoms with Gasteiger partial charge in [0.05, 0.1) is 11.7 Å². The maximum absolute atomic E-state index is 12.0. The number of halogens is 1. The van der Waals surface area contributed by atoms with Crippen molar-refractivity contribution in [3.63, 3.8) is 0 Å². The lowest BCUT2D eigenvalue weighted by Gasteiger charge is -2.28. The number of carbonyl (C=O) groups is 1. The van der Waals surface area contributed by atoms with E-state index in [-0.39, 0.29) is 11.8 Å². The third-order valence-electron chi connectivity index (χ3n) is 4.35. The molecule has 3 N–H and O–H groups in total. The number of urea groups is 1. The van der Waals surface area contributed by atoms with Gasteiger partial charge in [0.25, 0.3) is 0 Å². The number of hydrogen-bond donors (Lipinski definition) is 3. The van der Waals surface area contributed by atoms with E-state index in [1.165, 1.54) is 11.3 Å². The Balaban J connectivity index is 1.76. The van der Waals surface area contributed by atoms with E-state index in [0.29, 0.717) is 5.02 Å². The summed E-state index contributed by atoms with van der Waals surface area (Å²) in [5.74, 6) is 0.151. The maximum atomic E-state index is 12.0. The molecular formula is C20H16ClN3O2S. The lowest BCUT2D eigenvalue weighted by atomic mass is 9.96. The number of thiazole rings is 1. The molecule has 4 rings (SSSR count). The lowest BCUT2D eigenvalue weighted by molar-refractivity contribution is 0.240. The van der Waals surface area contributed by atoms with Crippen LogP contribution in [-0.2, 0) is 0 Å². The summed E-state index contributed by atoms with van der Waals surface area (Å²) in [5, 5.41) is 19.0. The van der Waals surface area contributed by atoms with Gasteiger partial charge in [-0.15, -0.1) is 11.3 Å². The number of nitrogens with one attached hydrogen (secondary N) is 2. The first-order valence-electron chi connectivity index (χ1n) is 8.30. The highest BCUT2D eigenvalue weighted by Crippen LogP contribution is 2.38. The minimum absolute atomic E-state index is 0.151. The molecule has 1 aromatic heterocycles. The zero-order chi connectivity index (χ0) is 19.0. The van der Waals surface area contributed by atoms with E-state index in [2.05, 4.69) is 10.6 Å². The molecule has 3 aromatic rings. The molecule has 7 heteroatoms. The minimum Gasteiger partial charge on any atom is -0.508 e. The van der Waals surface area contributed by atoms with Crippen molar-refractivity contribution in [1.29, 1.82) is 0 Å². The van der Waals surface area contributed by atoms with Crippen LogP contribution in [0.25, 0.3) is 16.8 Å². The van der Waals surface area contributed by atoms with Gasteiger partial charge in [0.2, 0.25) is 0 Å². The highest BCUT2D eigenvalue weighted by molar-refractivity contribution is 7.11. The first-order valence-corrected chi connectivity index (χ1v) is 9.56. The number of phenolic OH excluding ortho intramolecular Hbond substituents is 1. The van der Waals surface area contributed by atoms with E-state index in [1.807, 2.05) is 42.6 Å². The normalized spacial score (nSPS) is 16.8. The Morgan fingerprint density at radius 1 is 1.19 bits per heavy atom. The molecule has 27 heavy (non-hydrogen) atoms. The first kappa shape index (κ1) is 17.6. The molecule has 2 aromatic carbocycles. The van der Waals surface area contributed by atoms with Gasteiger partial charge in [-0.3, -0.25) is 0 Å². The highest BCUT2D eigenvalue weighted by atomic mass is 35.5. The van der Waals surface area contributed by atoms with Gasteiger partial charge >= 0.3 is 6.03 Å². The van der Waals surface area contributed by atoms with Crippen LogP contribution in [0.1, 0.15) is 23.5 Å². The number of carbonyl (C=O) groups excluding carboxylic acids is 1. The smallest absolute Gasteiger partial charge is 0.319 e. The summed E-state index contributed by atoms with van der Waals surface area (Å²) < 4.78 is 0. The molecule has 0 saturated heterocycles. The van der Waals surface area contributed by atoms with Crippen molar-refractivity contribution in [2.75, 3.05) is 0 Å². The molecule has 0 bridgehead atoms. The van der Waals surface area contributed by atoms with Crippen LogP contribution in [0.2, 0.25) is 5.02 Å². The lowest BCUT2D eigenvalue weighted by Crippen LogP contribution is -2.42. The number of phenols is 1. The van der Waals surface area contributed by atoms with Crippen LogP contribution in [0.4, 0.5) is 4.79 Å². The monoisotopic (exact) mass is 397 g/mol. The second-order valence-corrected chi connectivity index (χ2v) is 7.50. The Hall–Kier alpha value is -2.83. The number of hydrogen-bond acceptors (Lipinski definition) is 4. The van der Waals surface area contributed by atoms with E-state index in [9.17, 15) is 9.90 Å². The molecule has 1 unspecified atom stereocenters. The van der Waals surface area contributed by atoms with E-state index in [1.54, 1.807) is 18.2 Å². The Morgan fingerprint density at radius 2 is 1.96 bits per heavy atom. The maximum Gasteiger partial charge on any atom is 0.319 e. The van der Waals surface area contributed by atoms with Crippen LogP contribution in [0.3, 0.4) is 0 Å². The van der Waals surface area contributed by atoms with E-state index in [0.717, 1.165) is 33.1 Å². The molecule has 136 valence electrons. The third kappa shape index (κ3) is 3.54. The zero-order valence-electron chi connectivity index (χ0n) is 14.4. The topological polar surface area (TPSA) is 74.2 Å². The van der Waals surface area contributed by atoms with E-state index in [4.69, 9.17) is 16.6 Å². The van der Waals surface area contributed by atoms with Crippen molar-refractivity contribution >= 4 is 34.5 Å². The van der Waals surface area contributed by atoms with E-state index >= 15 is 0 Å². The van der Waals surface area contributed by atoms with Gasteiger partial charge in [0, 0.05) is 27.2 Å². The minimum atomic E-state index is -0.393. The summed E-state index contributed by atoms with van der Waals surface area (Å²) >= 11 is 7.47. The van der Waals surface area contributed by atoms with Crippen molar-refractivity contribution in [2.45, 2.75) is 13.0 Å². The highest BCUT2D eigenvalue weighted by Gasteiger charge is 2.29. The number of benzene rings is 2. The largest absolute Gasteiger partial charge is 0.508 e.